The minimum atomic E-state index is -4.00. The molecule has 0 radical (unpaired) electrons. The molecule has 1 fully saturated rings. The highest BCUT2D eigenvalue weighted by Gasteiger charge is 2.43. The van der Waals surface area contributed by atoms with E-state index in [4.69, 9.17) is 19.4 Å². The molecule has 0 amide bonds. The van der Waals surface area contributed by atoms with Crippen molar-refractivity contribution in [2.75, 3.05) is 13.7 Å². The van der Waals surface area contributed by atoms with Crippen molar-refractivity contribution >= 4 is 10.1 Å². The van der Waals surface area contributed by atoms with E-state index in [1.165, 1.54) is 19.2 Å². The fourth-order valence-electron chi connectivity index (χ4n) is 2.23. The van der Waals surface area contributed by atoms with E-state index < -0.39 is 47.4 Å². The molecule has 0 bridgehead atoms. The largest absolute Gasteiger partial charge is 0.388 e. The van der Waals surface area contributed by atoms with Gasteiger partial charge in [-0.3, -0.25) is 4.18 Å². The van der Waals surface area contributed by atoms with Crippen molar-refractivity contribution in [3.63, 3.8) is 0 Å². The van der Waals surface area contributed by atoms with Gasteiger partial charge in [0.15, 0.2) is 6.29 Å². The summed E-state index contributed by atoms with van der Waals surface area (Å²) < 4.78 is 39.4. The van der Waals surface area contributed by atoms with E-state index in [1.54, 1.807) is 12.1 Å². The molecule has 9 heteroatoms. The number of aryl methyl sites for hydroxylation is 1. The highest BCUT2D eigenvalue weighted by Crippen LogP contribution is 2.22. The quantitative estimate of drug-likeness (QED) is 0.586. The molecule has 4 N–H and O–H groups in total. The molecule has 2 rings (SSSR count). The van der Waals surface area contributed by atoms with Gasteiger partial charge in [-0.15, -0.1) is 0 Å². The summed E-state index contributed by atoms with van der Waals surface area (Å²) in [6.07, 6.45) is -4.76. The molecular formula is C14H21NO7S. The topological polar surface area (TPSA) is 128 Å². The van der Waals surface area contributed by atoms with Gasteiger partial charge in [0.1, 0.15) is 18.3 Å². The molecule has 23 heavy (non-hydrogen) atoms. The first kappa shape index (κ1) is 18.3. The summed E-state index contributed by atoms with van der Waals surface area (Å²) in [6, 6.07) is 5.19. The van der Waals surface area contributed by atoms with Gasteiger partial charge in [0, 0.05) is 7.11 Å². The predicted molar refractivity (Wildman–Crippen MR) is 80.0 cm³/mol. The van der Waals surface area contributed by atoms with Crippen LogP contribution in [0.1, 0.15) is 5.56 Å². The van der Waals surface area contributed by atoms with E-state index in [9.17, 15) is 18.6 Å². The van der Waals surface area contributed by atoms with Crippen molar-refractivity contribution in [2.45, 2.75) is 42.5 Å². The molecule has 1 heterocycles. The van der Waals surface area contributed by atoms with Crippen molar-refractivity contribution < 1.29 is 32.3 Å². The maximum atomic E-state index is 12.1. The second-order valence-corrected chi connectivity index (χ2v) is 7.00. The number of aliphatic hydroxyl groups is 2. The molecule has 1 saturated heterocycles. The first-order valence-electron chi connectivity index (χ1n) is 7.02. The van der Waals surface area contributed by atoms with Gasteiger partial charge in [0.2, 0.25) is 0 Å². The molecule has 0 spiro atoms. The first-order valence-corrected chi connectivity index (χ1v) is 8.43. The number of ether oxygens (including phenoxy) is 2. The standard InChI is InChI=1S/C14H21NO7S/c1-8-3-5-9(6-4-8)23(18,19)21-7-10-12(16)13(17)11(15)14(20-2)22-10/h3-6,10-14,16-17H,7,15H2,1-2H3/t10-,11-,12+,13+,14+/m0/s1. The van der Waals surface area contributed by atoms with Gasteiger partial charge >= 0.3 is 0 Å². The third-order valence-electron chi connectivity index (χ3n) is 3.68. The number of benzene rings is 1. The Morgan fingerprint density at radius 3 is 2.39 bits per heavy atom. The predicted octanol–water partition coefficient (Wildman–Crippen LogP) is -0.879. The summed E-state index contributed by atoms with van der Waals surface area (Å²) in [5, 5.41) is 19.8. The normalized spacial score (nSPS) is 32.0. The highest BCUT2D eigenvalue weighted by atomic mass is 32.2. The number of aliphatic hydroxyl groups excluding tert-OH is 2. The van der Waals surface area contributed by atoms with Gasteiger partial charge in [-0.1, -0.05) is 17.7 Å². The molecule has 0 aliphatic carbocycles. The molecule has 0 aromatic heterocycles. The zero-order valence-corrected chi connectivity index (χ0v) is 13.6. The Hall–Kier alpha value is -1.07. The fourth-order valence-corrected chi connectivity index (χ4v) is 3.15. The van der Waals surface area contributed by atoms with E-state index in [0.29, 0.717) is 0 Å². The zero-order chi connectivity index (χ0) is 17.2. The summed E-state index contributed by atoms with van der Waals surface area (Å²) in [4.78, 5) is -0.00561. The van der Waals surface area contributed by atoms with Crippen LogP contribution in [-0.4, -0.2) is 63.0 Å². The molecule has 0 unspecified atom stereocenters. The van der Waals surface area contributed by atoms with E-state index >= 15 is 0 Å². The Kier molecular flexibility index (Phi) is 5.74. The maximum absolute atomic E-state index is 12.1. The Balaban J connectivity index is 2.05. The van der Waals surface area contributed by atoms with Crippen LogP contribution in [0.15, 0.2) is 29.2 Å². The van der Waals surface area contributed by atoms with Crippen LogP contribution in [0.5, 0.6) is 0 Å². The van der Waals surface area contributed by atoms with Crippen molar-refractivity contribution in [1.29, 1.82) is 0 Å². The Bertz CT molecular complexity index is 617. The van der Waals surface area contributed by atoms with Crippen molar-refractivity contribution in [3.8, 4) is 0 Å². The van der Waals surface area contributed by atoms with Crippen LogP contribution in [0.25, 0.3) is 0 Å². The molecular weight excluding hydrogens is 326 g/mol. The molecule has 1 aromatic rings. The lowest BCUT2D eigenvalue weighted by Crippen LogP contribution is -2.62. The summed E-state index contributed by atoms with van der Waals surface area (Å²) in [7, 11) is -2.67. The highest BCUT2D eigenvalue weighted by molar-refractivity contribution is 7.86. The lowest BCUT2D eigenvalue weighted by Gasteiger charge is -2.40. The summed E-state index contributed by atoms with van der Waals surface area (Å²) in [5.41, 5.74) is 6.57. The molecule has 1 aliphatic rings. The van der Waals surface area contributed by atoms with E-state index in [-0.39, 0.29) is 4.90 Å². The Morgan fingerprint density at radius 2 is 1.83 bits per heavy atom. The minimum absolute atomic E-state index is 0.00561. The average Bonchev–Trinajstić information content (AvgIpc) is 2.52. The number of nitrogens with two attached hydrogens (primary N) is 1. The second kappa shape index (κ2) is 7.22. The van der Waals surface area contributed by atoms with Gasteiger partial charge < -0.3 is 25.4 Å². The van der Waals surface area contributed by atoms with Gasteiger partial charge in [-0.25, -0.2) is 0 Å². The average molecular weight is 347 g/mol. The lowest BCUT2D eigenvalue weighted by molar-refractivity contribution is -0.256. The van der Waals surface area contributed by atoms with Crippen LogP contribution in [0, 0.1) is 6.92 Å². The van der Waals surface area contributed by atoms with Crippen LogP contribution in [-0.2, 0) is 23.8 Å². The fraction of sp³-hybridized carbons (Fsp3) is 0.571. The SMILES string of the molecule is CO[C@@H]1O[C@@H](COS(=O)(=O)c2ccc(C)cc2)[C@@H](O)[C@H](O)[C@@H]1N. The lowest BCUT2D eigenvalue weighted by atomic mass is 9.98. The van der Waals surface area contributed by atoms with Crippen LogP contribution >= 0.6 is 0 Å². The second-order valence-electron chi connectivity index (χ2n) is 5.39. The third kappa shape index (κ3) is 4.07. The van der Waals surface area contributed by atoms with E-state index in [0.717, 1.165) is 5.56 Å². The maximum Gasteiger partial charge on any atom is 0.297 e. The smallest absolute Gasteiger partial charge is 0.297 e. The molecule has 1 aromatic carbocycles. The van der Waals surface area contributed by atoms with Crippen LogP contribution < -0.4 is 5.73 Å². The minimum Gasteiger partial charge on any atom is -0.388 e. The van der Waals surface area contributed by atoms with Crippen LogP contribution in [0.2, 0.25) is 0 Å². The first-order chi connectivity index (χ1) is 10.8. The number of methoxy groups -OCH3 is 1. The van der Waals surface area contributed by atoms with Gasteiger partial charge in [-0.05, 0) is 19.1 Å². The molecule has 8 nitrogen and oxygen atoms in total. The molecule has 0 saturated carbocycles. The van der Waals surface area contributed by atoms with Crippen LogP contribution in [0.4, 0.5) is 0 Å². The number of hydrogen-bond acceptors (Lipinski definition) is 8. The van der Waals surface area contributed by atoms with Gasteiger partial charge in [0.25, 0.3) is 10.1 Å². The van der Waals surface area contributed by atoms with E-state index in [2.05, 4.69) is 0 Å². The van der Waals surface area contributed by atoms with Gasteiger partial charge in [0.05, 0.1) is 17.5 Å². The van der Waals surface area contributed by atoms with Gasteiger partial charge in [-0.2, -0.15) is 8.42 Å². The number of hydrogen-bond donors (Lipinski definition) is 3. The summed E-state index contributed by atoms with van der Waals surface area (Å²) >= 11 is 0. The Morgan fingerprint density at radius 1 is 1.22 bits per heavy atom. The molecule has 5 atom stereocenters. The molecule has 130 valence electrons. The summed E-state index contributed by atoms with van der Waals surface area (Å²) in [6.45, 7) is 1.36. The summed E-state index contributed by atoms with van der Waals surface area (Å²) in [5.74, 6) is 0. The number of rotatable bonds is 5. The molecule has 1 aliphatic heterocycles. The third-order valence-corrected chi connectivity index (χ3v) is 4.97. The van der Waals surface area contributed by atoms with Crippen molar-refractivity contribution in [3.05, 3.63) is 29.8 Å². The van der Waals surface area contributed by atoms with E-state index in [1.807, 2.05) is 6.92 Å². The van der Waals surface area contributed by atoms with Crippen molar-refractivity contribution in [1.82, 2.24) is 0 Å². The monoisotopic (exact) mass is 347 g/mol. The Labute approximate surface area is 134 Å². The van der Waals surface area contributed by atoms with Crippen molar-refractivity contribution in [2.24, 2.45) is 5.73 Å². The zero-order valence-electron chi connectivity index (χ0n) is 12.8. The van der Waals surface area contributed by atoms with Crippen LogP contribution in [0.3, 0.4) is 0 Å².